The van der Waals surface area contributed by atoms with Gasteiger partial charge in [-0.3, -0.25) is 4.79 Å². The highest BCUT2D eigenvalue weighted by Crippen LogP contribution is 2.24. The Balaban J connectivity index is 0. The van der Waals surface area contributed by atoms with Gasteiger partial charge in [-0.2, -0.15) is 0 Å². The van der Waals surface area contributed by atoms with Crippen molar-refractivity contribution >= 4 is 63.3 Å². The highest BCUT2D eigenvalue weighted by Gasteiger charge is 2.15. The molecule has 6 heteroatoms. The zero-order valence-corrected chi connectivity index (χ0v) is 8.54. The van der Waals surface area contributed by atoms with E-state index in [-0.39, 0.29) is 5.88 Å². The molecular weight excluding hydrogens is 266 g/mol. The molecule has 2 nitrogen and oxygen atoms in total. The Morgan fingerprint density at radius 1 is 1.40 bits per heavy atom. The number of alkyl halides is 4. The predicted molar refractivity (Wildman–Crippen MR) is 46.2 cm³/mol. The third-order valence-electron chi connectivity index (χ3n) is 0.197. The molecule has 0 unspecified atom stereocenters. The fourth-order valence-electron chi connectivity index (χ4n) is 0. The first kappa shape index (κ1) is 13.3. The van der Waals surface area contributed by atoms with Gasteiger partial charge in [0, 0.05) is 0 Å². The topological polar surface area (TPSA) is 34.1 Å². The van der Waals surface area contributed by atoms with Gasteiger partial charge in [0.15, 0.2) is 6.29 Å². The summed E-state index contributed by atoms with van der Waals surface area (Å²) >= 11 is 17.5. The maximum atomic E-state index is 9.52. The molecular formula is C4H4BrCl3O2. The first-order chi connectivity index (χ1) is 4.47. The minimum absolute atomic E-state index is 0.111. The number of hydrogen-bond donors (Lipinski definition) is 0. The van der Waals surface area contributed by atoms with E-state index in [2.05, 4.69) is 15.9 Å². The van der Waals surface area contributed by atoms with E-state index in [1.54, 1.807) is 0 Å². The second-order valence-corrected chi connectivity index (χ2v) is 4.84. The van der Waals surface area contributed by atoms with Crippen molar-refractivity contribution in [3.05, 3.63) is 0 Å². The first-order valence-corrected chi connectivity index (χ1v) is 4.09. The van der Waals surface area contributed by atoms with Crippen LogP contribution in [0.3, 0.4) is 0 Å². The van der Waals surface area contributed by atoms with Crippen LogP contribution in [-0.4, -0.2) is 21.7 Å². The van der Waals surface area contributed by atoms with Crippen LogP contribution in [0, 0.1) is 0 Å². The van der Waals surface area contributed by atoms with E-state index in [4.69, 9.17) is 39.6 Å². The van der Waals surface area contributed by atoms with Gasteiger partial charge in [0.1, 0.15) is 6.29 Å². The van der Waals surface area contributed by atoms with Crippen LogP contribution in [0.15, 0.2) is 0 Å². The monoisotopic (exact) mass is 268 g/mol. The number of carbonyl (C=O) groups excluding carboxylic acids is 2. The van der Waals surface area contributed by atoms with Crippen molar-refractivity contribution in [2.45, 2.75) is 3.24 Å². The molecule has 0 aliphatic rings. The molecule has 0 aliphatic heterocycles. The smallest absolute Gasteiger partial charge is 0.226 e. The molecule has 0 spiro atoms. The van der Waals surface area contributed by atoms with Gasteiger partial charge in [0.25, 0.3) is 0 Å². The molecule has 0 rings (SSSR count). The van der Waals surface area contributed by atoms with Gasteiger partial charge in [-0.05, 0) is 15.9 Å². The van der Waals surface area contributed by atoms with Gasteiger partial charge in [-0.25, -0.2) is 0 Å². The second kappa shape index (κ2) is 7.79. The molecule has 10 heavy (non-hydrogen) atoms. The van der Waals surface area contributed by atoms with E-state index in [1.807, 2.05) is 0 Å². The summed E-state index contributed by atoms with van der Waals surface area (Å²) in [6.07, 6.45) is 1.03. The Morgan fingerprint density at radius 2 is 1.60 bits per heavy atom. The molecule has 0 aliphatic carbocycles. The minimum Gasteiger partial charge on any atom is -0.302 e. The summed E-state index contributed by atoms with van der Waals surface area (Å²) in [4.78, 5) is 18.6. The van der Waals surface area contributed by atoms with Gasteiger partial charge in [-0.1, -0.05) is 23.2 Å². The van der Waals surface area contributed by atoms with Gasteiger partial charge in [-0.15, -0.1) is 11.6 Å². The van der Waals surface area contributed by atoms with Crippen LogP contribution >= 0.6 is 50.7 Å². The van der Waals surface area contributed by atoms with Crippen molar-refractivity contribution < 1.29 is 9.59 Å². The Labute approximate surface area is 81.9 Å². The van der Waals surface area contributed by atoms with Crippen LogP contribution in [-0.2, 0) is 9.59 Å². The maximum absolute atomic E-state index is 9.52. The maximum Gasteiger partial charge on any atom is 0.226 e. The number of carbonyl (C=O) groups is 2. The predicted octanol–water partition coefficient (Wildman–Crippen LogP) is 2.14. The average Bonchev–Trinajstić information content (AvgIpc) is 1.87. The molecule has 0 N–H and O–H groups in total. The third-order valence-corrected chi connectivity index (χ3v) is 0.688. The largest absolute Gasteiger partial charge is 0.302 e. The van der Waals surface area contributed by atoms with Crippen LogP contribution in [0.25, 0.3) is 0 Å². The SMILES string of the molecule is O=CC(Cl)(Cl)Br.O=CCCl. The summed E-state index contributed by atoms with van der Waals surface area (Å²) in [6.45, 7) is 0. The van der Waals surface area contributed by atoms with Crippen molar-refractivity contribution in [3.8, 4) is 0 Å². The summed E-state index contributed by atoms with van der Waals surface area (Å²) < 4.78 is -1.38. The fraction of sp³-hybridized carbons (Fsp3) is 0.500. The van der Waals surface area contributed by atoms with E-state index in [0.717, 1.165) is 0 Å². The Bertz CT molecular complexity index is 101. The van der Waals surface area contributed by atoms with Crippen molar-refractivity contribution in [1.82, 2.24) is 0 Å². The van der Waals surface area contributed by atoms with Crippen LogP contribution < -0.4 is 0 Å². The van der Waals surface area contributed by atoms with Gasteiger partial charge >= 0.3 is 0 Å². The molecule has 0 saturated carbocycles. The molecule has 0 aromatic rings. The molecule has 0 bridgehead atoms. The van der Waals surface area contributed by atoms with E-state index in [1.165, 1.54) is 0 Å². The summed E-state index contributed by atoms with van der Waals surface area (Å²) in [7, 11) is 0. The van der Waals surface area contributed by atoms with Crippen molar-refractivity contribution in [2.75, 3.05) is 5.88 Å². The molecule has 0 aromatic carbocycles. The number of rotatable bonds is 2. The lowest BCUT2D eigenvalue weighted by molar-refractivity contribution is -0.107. The summed E-state index contributed by atoms with van der Waals surface area (Å²) in [6, 6.07) is 0. The lowest BCUT2D eigenvalue weighted by Gasteiger charge is -1.93. The summed E-state index contributed by atoms with van der Waals surface area (Å²) in [5.41, 5.74) is 0. The molecule has 0 radical (unpaired) electrons. The van der Waals surface area contributed by atoms with Gasteiger partial charge in [0.2, 0.25) is 3.24 Å². The second-order valence-electron chi connectivity index (χ2n) is 0.980. The lowest BCUT2D eigenvalue weighted by Crippen LogP contribution is -1.99. The molecule has 60 valence electrons. The van der Waals surface area contributed by atoms with Crippen molar-refractivity contribution in [3.63, 3.8) is 0 Å². The third kappa shape index (κ3) is 23.4. The Morgan fingerprint density at radius 3 is 1.60 bits per heavy atom. The first-order valence-electron chi connectivity index (χ1n) is 2.00. The zero-order valence-electron chi connectivity index (χ0n) is 4.69. The Kier molecular flexibility index (Phi) is 10.4. The van der Waals surface area contributed by atoms with Gasteiger partial charge < -0.3 is 4.79 Å². The van der Waals surface area contributed by atoms with Crippen LogP contribution in [0.2, 0.25) is 0 Å². The molecule has 0 saturated heterocycles. The van der Waals surface area contributed by atoms with Crippen LogP contribution in [0.4, 0.5) is 0 Å². The Hall–Kier alpha value is 0.690. The number of hydrogen-bond acceptors (Lipinski definition) is 2. The highest BCUT2D eigenvalue weighted by atomic mass is 79.9. The van der Waals surface area contributed by atoms with Crippen LogP contribution in [0.5, 0.6) is 0 Å². The quantitative estimate of drug-likeness (QED) is 0.569. The number of aldehydes is 2. The lowest BCUT2D eigenvalue weighted by atomic mass is 10.9. The van der Waals surface area contributed by atoms with Crippen molar-refractivity contribution in [1.29, 1.82) is 0 Å². The standard InChI is InChI=1S/C2HBrCl2O.C2H3ClO/c3-2(4,5)1-6;3-1-2-4/h1H;2H,1H2. The molecule has 0 fully saturated rings. The van der Waals surface area contributed by atoms with Crippen LogP contribution in [0.1, 0.15) is 0 Å². The molecule has 0 heterocycles. The summed E-state index contributed by atoms with van der Waals surface area (Å²) in [5, 5.41) is 0. The highest BCUT2D eigenvalue weighted by molar-refractivity contribution is 9.11. The van der Waals surface area contributed by atoms with E-state index in [0.29, 0.717) is 12.6 Å². The normalized spacial score (nSPS) is 9.20. The van der Waals surface area contributed by atoms with E-state index < -0.39 is 3.24 Å². The van der Waals surface area contributed by atoms with Crippen molar-refractivity contribution in [2.24, 2.45) is 0 Å². The minimum atomic E-state index is -1.38. The average molecular weight is 270 g/mol. The zero-order chi connectivity index (χ0) is 8.62. The molecule has 0 aromatic heterocycles. The molecule has 0 atom stereocenters. The van der Waals surface area contributed by atoms with Gasteiger partial charge in [0.05, 0.1) is 5.88 Å². The fourth-order valence-corrected chi connectivity index (χ4v) is 0. The van der Waals surface area contributed by atoms with E-state index in [9.17, 15) is 4.79 Å². The van der Waals surface area contributed by atoms with E-state index >= 15 is 0 Å². The number of halogens is 4. The summed E-state index contributed by atoms with van der Waals surface area (Å²) in [5.74, 6) is 0.111. The molecule has 0 amide bonds.